The molecule has 3 rings (SSSR count). The van der Waals surface area contributed by atoms with Crippen molar-refractivity contribution in [2.45, 2.75) is 13.8 Å². The van der Waals surface area contributed by atoms with Gasteiger partial charge in [-0.05, 0) is 55.6 Å². The standard InChI is InChI=1S/C21H26N4O/c1-3-24(4-2)15-16-26-19-12-10-18(11-13-19)25(22)21-14-9-17-7-5-6-8-20(17)23-21/h5-14H,3-4,15-16,22H2,1-2H3. The monoisotopic (exact) mass is 350 g/mol. The zero-order valence-electron chi connectivity index (χ0n) is 15.4. The number of pyridine rings is 1. The quantitative estimate of drug-likeness (QED) is 0.492. The summed E-state index contributed by atoms with van der Waals surface area (Å²) in [6.07, 6.45) is 0. The van der Waals surface area contributed by atoms with Gasteiger partial charge in [-0.3, -0.25) is 5.01 Å². The molecule has 1 aromatic heterocycles. The second-order valence-electron chi connectivity index (χ2n) is 6.10. The molecule has 0 spiro atoms. The Morgan fingerprint density at radius 1 is 0.923 bits per heavy atom. The van der Waals surface area contributed by atoms with Gasteiger partial charge in [0.05, 0.1) is 11.2 Å². The van der Waals surface area contributed by atoms with E-state index >= 15 is 0 Å². The number of hydrogen-bond donors (Lipinski definition) is 1. The van der Waals surface area contributed by atoms with Gasteiger partial charge >= 0.3 is 0 Å². The number of ether oxygens (including phenoxy) is 1. The first-order chi connectivity index (χ1) is 12.7. The fourth-order valence-corrected chi connectivity index (χ4v) is 2.86. The van der Waals surface area contributed by atoms with Crippen molar-refractivity contribution in [3.63, 3.8) is 0 Å². The lowest BCUT2D eigenvalue weighted by atomic mass is 10.2. The van der Waals surface area contributed by atoms with Gasteiger partial charge in [-0.25, -0.2) is 10.8 Å². The van der Waals surface area contributed by atoms with Gasteiger partial charge in [0.25, 0.3) is 0 Å². The van der Waals surface area contributed by atoms with E-state index in [9.17, 15) is 0 Å². The molecule has 0 amide bonds. The second-order valence-corrected chi connectivity index (χ2v) is 6.10. The predicted molar refractivity (Wildman–Crippen MR) is 108 cm³/mol. The van der Waals surface area contributed by atoms with E-state index in [0.29, 0.717) is 12.4 Å². The summed E-state index contributed by atoms with van der Waals surface area (Å²) in [5.74, 6) is 7.81. The van der Waals surface area contributed by atoms with Crippen LogP contribution in [0.25, 0.3) is 10.9 Å². The third-order valence-electron chi connectivity index (χ3n) is 4.52. The molecule has 0 saturated heterocycles. The Bertz CT molecular complexity index is 831. The van der Waals surface area contributed by atoms with Gasteiger partial charge < -0.3 is 9.64 Å². The lowest BCUT2D eigenvalue weighted by Gasteiger charge is -2.19. The van der Waals surface area contributed by atoms with Crippen LogP contribution in [0.15, 0.2) is 60.7 Å². The first-order valence-corrected chi connectivity index (χ1v) is 9.07. The maximum Gasteiger partial charge on any atom is 0.147 e. The number of hydrazine groups is 1. The fraction of sp³-hybridized carbons (Fsp3) is 0.286. The smallest absolute Gasteiger partial charge is 0.147 e. The number of benzene rings is 2. The zero-order valence-corrected chi connectivity index (χ0v) is 15.4. The fourth-order valence-electron chi connectivity index (χ4n) is 2.86. The van der Waals surface area contributed by atoms with Gasteiger partial charge in [0.2, 0.25) is 0 Å². The lowest BCUT2D eigenvalue weighted by molar-refractivity contribution is 0.223. The summed E-state index contributed by atoms with van der Waals surface area (Å²) in [5.41, 5.74) is 1.79. The summed E-state index contributed by atoms with van der Waals surface area (Å²) in [5, 5.41) is 2.69. The normalized spacial score (nSPS) is 11.1. The summed E-state index contributed by atoms with van der Waals surface area (Å²) in [6, 6.07) is 19.7. The molecule has 0 bridgehead atoms. The second kappa shape index (κ2) is 8.65. The summed E-state index contributed by atoms with van der Waals surface area (Å²) in [7, 11) is 0. The van der Waals surface area contributed by atoms with Gasteiger partial charge in [-0.1, -0.05) is 32.0 Å². The maximum absolute atomic E-state index is 6.26. The van der Waals surface area contributed by atoms with Crippen molar-refractivity contribution < 1.29 is 4.74 Å². The largest absolute Gasteiger partial charge is 0.492 e. The molecule has 0 aliphatic heterocycles. The van der Waals surface area contributed by atoms with Gasteiger partial charge in [0, 0.05) is 11.9 Å². The van der Waals surface area contributed by atoms with Crippen LogP contribution in [0.3, 0.4) is 0 Å². The molecule has 0 aliphatic carbocycles. The van der Waals surface area contributed by atoms with Crippen molar-refractivity contribution in [2.75, 3.05) is 31.3 Å². The van der Waals surface area contributed by atoms with E-state index in [0.717, 1.165) is 42.0 Å². The third-order valence-corrected chi connectivity index (χ3v) is 4.52. The third kappa shape index (κ3) is 4.31. The summed E-state index contributed by atoms with van der Waals surface area (Å²) in [4.78, 5) is 6.96. The molecule has 0 radical (unpaired) electrons. The molecule has 2 aromatic carbocycles. The highest BCUT2D eigenvalue weighted by Crippen LogP contribution is 2.24. The number of hydrogen-bond acceptors (Lipinski definition) is 5. The number of nitrogens with two attached hydrogens (primary N) is 1. The van der Waals surface area contributed by atoms with Crippen molar-refractivity contribution in [2.24, 2.45) is 5.84 Å². The Kier molecular flexibility index (Phi) is 6.04. The number of fused-ring (bicyclic) bond motifs is 1. The average molecular weight is 350 g/mol. The number of para-hydroxylation sites is 1. The van der Waals surface area contributed by atoms with Crippen LogP contribution < -0.4 is 15.6 Å². The van der Waals surface area contributed by atoms with E-state index in [1.54, 1.807) is 5.01 Å². The van der Waals surface area contributed by atoms with Gasteiger partial charge in [0.1, 0.15) is 18.2 Å². The van der Waals surface area contributed by atoms with Crippen molar-refractivity contribution in [3.8, 4) is 5.75 Å². The molecule has 0 atom stereocenters. The van der Waals surface area contributed by atoms with E-state index in [2.05, 4.69) is 23.7 Å². The van der Waals surface area contributed by atoms with Crippen molar-refractivity contribution in [1.82, 2.24) is 9.88 Å². The molecule has 3 aromatic rings. The molecule has 26 heavy (non-hydrogen) atoms. The number of aromatic nitrogens is 1. The van der Waals surface area contributed by atoms with Crippen LogP contribution in [0.1, 0.15) is 13.8 Å². The van der Waals surface area contributed by atoms with E-state index in [1.165, 1.54) is 0 Å². The molecular weight excluding hydrogens is 324 g/mol. The van der Waals surface area contributed by atoms with Crippen LogP contribution >= 0.6 is 0 Å². The molecule has 136 valence electrons. The molecule has 5 heteroatoms. The van der Waals surface area contributed by atoms with Crippen LogP contribution in [0.4, 0.5) is 11.5 Å². The van der Waals surface area contributed by atoms with Crippen LogP contribution in [0, 0.1) is 0 Å². The molecule has 5 nitrogen and oxygen atoms in total. The number of anilines is 2. The van der Waals surface area contributed by atoms with Crippen LogP contribution in [0.2, 0.25) is 0 Å². The van der Waals surface area contributed by atoms with Gasteiger partial charge in [0.15, 0.2) is 0 Å². The van der Waals surface area contributed by atoms with Gasteiger partial charge in [-0.2, -0.15) is 0 Å². The number of rotatable bonds is 8. The maximum atomic E-state index is 6.26. The van der Waals surface area contributed by atoms with Gasteiger partial charge in [-0.15, -0.1) is 0 Å². The van der Waals surface area contributed by atoms with Crippen LogP contribution in [0.5, 0.6) is 5.75 Å². The Hall–Kier alpha value is -2.63. The van der Waals surface area contributed by atoms with E-state index in [4.69, 9.17) is 10.6 Å². The van der Waals surface area contributed by atoms with E-state index in [1.807, 2.05) is 60.7 Å². The molecule has 2 N–H and O–H groups in total. The SMILES string of the molecule is CCN(CC)CCOc1ccc(N(N)c2ccc3ccccc3n2)cc1. The highest BCUT2D eigenvalue weighted by atomic mass is 16.5. The molecule has 0 fully saturated rings. The van der Waals surface area contributed by atoms with Crippen molar-refractivity contribution >= 4 is 22.4 Å². The minimum atomic E-state index is 0.680. The Labute approximate surface area is 155 Å². The Balaban J connectivity index is 1.65. The summed E-state index contributed by atoms with van der Waals surface area (Å²) >= 11 is 0. The summed E-state index contributed by atoms with van der Waals surface area (Å²) < 4.78 is 5.82. The van der Waals surface area contributed by atoms with E-state index in [-0.39, 0.29) is 0 Å². The minimum Gasteiger partial charge on any atom is -0.492 e. The number of likely N-dealkylation sites (N-methyl/N-ethyl adjacent to an activating group) is 1. The van der Waals surface area contributed by atoms with Crippen LogP contribution in [-0.2, 0) is 0 Å². The first-order valence-electron chi connectivity index (χ1n) is 9.07. The minimum absolute atomic E-state index is 0.680. The molecular formula is C21H26N4O. The highest BCUT2D eigenvalue weighted by Gasteiger charge is 2.08. The average Bonchev–Trinajstić information content (AvgIpc) is 2.71. The zero-order chi connectivity index (χ0) is 18.4. The van der Waals surface area contributed by atoms with Crippen molar-refractivity contribution in [1.29, 1.82) is 0 Å². The van der Waals surface area contributed by atoms with E-state index < -0.39 is 0 Å². The highest BCUT2D eigenvalue weighted by molar-refractivity contribution is 5.80. The van der Waals surface area contributed by atoms with Crippen LogP contribution in [-0.4, -0.2) is 36.1 Å². The molecule has 0 saturated carbocycles. The summed E-state index contributed by atoms with van der Waals surface area (Å²) in [6.45, 7) is 8.02. The molecule has 0 unspecified atom stereocenters. The van der Waals surface area contributed by atoms with Crippen molar-refractivity contribution in [3.05, 3.63) is 60.7 Å². The Morgan fingerprint density at radius 3 is 2.38 bits per heavy atom. The molecule has 1 heterocycles. The Morgan fingerprint density at radius 2 is 1.65 bits per heavy atom. The topological polar surface area (TPSA) is 54.6 Å². The lowest BCUT2D eigenvalue weighted by Crippen LogP contribution is -2.28. The number of nitrogens with zero attached hydrogens (tertiary/aromatic N) is 3. The molecule has 0 aliphatic rings. The predicted octanol–water partition coefficient (Wildman–Crippen LogP) is 3.97. The first kappa shape index (κ1) is 18.2.